The van der Waals surface area contributed by atoms with Crippen molar-refractivity contribution in [3.8, 4) is 0 Å². The van der Waals surface area contributed by atoms with Crippen LogP contribution in [0.2, 0.25) is 0 Å². The van der Waals surface area contributed by atoms with Gasteiger partial charge in [0.05, 0.1) is 0 Å². The quantitative estimate of drug-likeness (QED) is 0.671. The molecule has 0 bridgehead atoms. The summed E-state index contributed by atoms with van der Waals surface area (Å²) in [7, 11) is 0. The van der Waals surface area contributed by atoms with Gasteiger partial charge in [0.1, 0.15) is 0 Å². The zero-order valence-corrected chi connectivity index (χ0v) is 8.09. The lowest BCUT2D eigenvalue weighted by atomic mass is 10.1. The summed E-state index contributed by atoms with van der Waals surface area (Å²) in [4.78, 5) is 0. The number of aryl methyl sites for hydroxylation is 1. The third-order valence-electron chi connectivity index (χ3n) is 1.92. The molecule has 0 aliphatic heterocycles. The van der Waals surface area contributed by atoms with Gasteiger partial charge in [0.15, 0.2) is 0 Å². The Hall–Kier alpha value is -0.860. The molecule has 0 heterocycles. The number of aliphatic hydroxyl groups is 1. The predicted octanol–water partition coefficient (Wildman–Crippen LogP) is 1.47. The first-order valence-corrected chi connectivity index (χ1v) is 4.70. The van der Waals surface area contributed by atoms with Crippen molar-refractivity contribution in [1.82, 2.24) is 5.32 Å². The number of benzene rings is 1. The minimum Gasteiger partial charge on any atom is -0.396 e. The molecular weight excluding hydrogens is 162 g/mol. The molecule has 1 aromatic carbocycles. The van der Waals surface area contributed by atoms with E-state index in [0.717, 1.165) is 19.5 Å². The zero-order chi connectivity index (χ0) is 9.52. The van der Waals surface area contributed by atoms with Gasteiger partial charge in [-0.3, -0.25) is 0 Å². The number of aliphatic hydroxyl groups excluding tert-OH is 1. The maximum absolute atomic E-state index is 8.57. The van der Waals surface area contributed by atoms with E-state index in [0.29, 0.717) is 0 Å². The molecule has 0 spiro atoms. The summed E-state index contributed by atoms with van der Waals surface area (Å²) >= 11 is 0. The van der Waals surface area contributed by atoms with Crippen LogP contribution in [0.1, 0.15) is 17.5 Å². The molecule has 1 aromatic rings. The molecule has 1 rings (SSSR count). The van der Waals surface area contributed by atoms with Crippen molar-refractivity contribution >= 4 is 0 Å². The van der Waals surface area contributed by atoms with E-state index in [1.165, 1.54) is 11.1 Å². The fourth-order valence-electron chi connectivity index (χ4n) is 1.26. The third-order valence-corrected chi connectivity index (χ3v) is 1.92. The average Bonchev–Trinajstić information content (AvgIpc) is 2.13. The highest BCUT2D eigenvalue weighted by Gasteiger charge is 1.91. The van der Waals surface area contributed by atoms with Crippen molar-refractivity contribution in [2.24, 2.45) is 0 Å². The first-order chi connectivity index (χ1) is 6.33. The van der Waals surface area contributed by atoms with Gasteiger partial charge in [0, 0.05) is 13.2 Å². The van der Waals surface area contributed by atoms with Crippen molar-refractivity contribution in [3.05, 3.63) is 35.4 Å². The van der Waals surface area contributed by atoms with Crippen LogP contribution in [0.15, 0.2) is 24.3 Å². The smallest absolute Gasteiger partial charge is 0.0443 e. The van der Waals surface area contributed by atoms with Crippen LogP contribution in [0.4, 0.5) is 0 Å². The lowest BCUT2D eigenvalue weighted by Crippen LogP contribution is -2.15. The van der Waals surface area contributed by atoms with Crippen molar-refractivity contribution in [2.75, 3.05) is 13.2 Å². The molecule has 0 saturated heterocycles. The van der Waals surface area contributed by atoms with E-state index >= 15 is 0 Å². The van der Waals surface area contributed by atoms with Crippen molar-refractivity contribution in [3.63, 3.8) is 0 Å². The molecule has 0 saturated carbocycles. The highest BCUT2D eigenvalue weighted by Crippen LogP contribution is 2.02. The topological polar surface area (TPSA) is 32.3 Å². The Morgan fingerprint density at radius 1 is 1.38 bits per heavy atom. The van der Waals surface area contributed by atoms with E-state index in [9.17, 15) is 0 Å². The van der Waals surface area contributed by atoms with Crippen molar-refractivity contribution in [2.45, 2.75) is 19.9 Å². The molecule has 0 aliphatic carbocycles. The molecule has 0 radical (unpaired) electrons. The number of rotatable bonds is 5. The molecule has 72 valence electrons. The Morgan fingerprint density at radius 3 is 2.92 bits per heavy atom. The summed E-state index contributed by atoms with van der Waals surface area (Å²) in [6.45, 7) is 4.13. The largest absolute Gasteiger partial charge is 0.396 e. The minimum absolute atomic E-state index is 0.265. The standard InChI is InChI=1S/C11H17NO/c1-10-4-2-5-11(8-10)9-12-6-3-7-13/h2,4-5,8,12-13H,3,6-7,9H2,1H3. The summed E-state index contributed by atoms with van der Waals surface area (Å²) in [6.07, 6.45) is 0.825. The molecule has 0 amide bonds. The number of nitrogens with one attached hydrogen (secondary N) is 1. The first kappa shape index (κ1) is 10.2. The first-order valence-electron chi connectivity index (χ1n) is 4.70. The van der Waals surface area contributed by atoms with Gasteiger partial charge in [-0.05, 0) is 25.5 Å². The Balaban J connectivity index is 2.28. The Kier molecular flexibility index (Phi) is 4.50. The molecule has 0 aliphatic rings. The molecule has 2 nitrogen and oxygen atoms in total. The summed E-state index contributed by atoms with van der Waals surface area (Å²) in [6, 6.07) is 8.44. The maximum atomic E-state index is 8.57. The van der Waals surface area contributed by atoms with Crippen LogP contribution in [0.5, 0.6) is 0 Å². The van der Waals surface area contributed by atoms with Crippen LogP contribution in [-0.2, 0) is 6.54 Å². The van der Waals surface area contributed by atoms with E-state index in [1.807, 2.05) is 0 Å². The Bertz CT molecular complexity index is 248. The van der Waals surface area contributed by atoms with Crippen molar-refractivity contribution in [1.29, 1.82) is 0 Å². The molecule has 2 heteroatoms. The predicted molar refractivity (Wildman–Crippen MR) is 54.6 cm³/mol. The van der Waals surface area contributed by atoms with Crippen LogP contribution in [-0.4, -0.2) is 18.3 Å². The van der Waals surface area contributed by atoms with E-state index in [-0.39, 0.29) is 6.61 Å². The lowest BCUT2D eigenvalue weighted by molar-refractivity contribution is 0.286. The van der Waals surface area contributed by atoms with E-state index < -0.39 is 0 Å². The fraction of sp³-hybridized carbons (Fsp3) is 0.455. The normalized spacial score (nSPS) is 10.3. The molecule has 0 unspecified atom stereocenters. The van der Waals surface area contributed by atoms with Gasteiger partial charge in [0.25, 0.3) is 0 Å². The second-order valence-electron chi connectivity index (χ2n) is 3.24. The molecule has 0 aromatic heterocycles. The summed E-state index contributed by atoms with van der Waals surface area (Å²) in [5, 5.41) is 11.8. The molecule has 2 N–H and O–H groups in total. The molecule has 0 atom stereocenters. The van der Waals surface area contributed by atoms with Gasteiger partial charge < -0.3 is 10.4 Å². The maximum Gasteiger partial charge on any atom is 0.0443 e. The van der Waals surface area contributed by atoms with Crippen LogP contribution >= 0.6 is 0 Å². The highest BCUT2D eigenvalue weighted by molar-refractivity contribution is 5.21. The SMILES string of the molecule is Cc1cccc(CNCCCO)c1. The van der Waals surface area contributed by atoms with Gasteiger partial charge in [-0.2, -0.15) is 0 Å². The second kappa shape index (κ2) is 5.73. The molecule has 0 fully saturated rings. The van der Waals surface area contributed by atoms with Crippen LogP contribution < -0.4 is 5.32 Å². The van der Waals surface area contributed by atoms with Crippen molar-refractivity contribution < 1.29 is 5.11 Å². The Morgan fingerprint density at radius 2 is 2.23 bits per heavy atom. The van der Waals surface area contributed by atoms with Gasteiger partial charge in [-0.15, -0.1) is 0 Å². The van der Waals surface area contributed by atoms with Crippen LogP contribution in [0.25, 0.3) is 0 Å². The summed E-state index contributed by atoms with van der Waals surface area (Å²) < 4.78 is 0. The van der Waals surface area contributed by atoms with Gasteiger partial charge in [-0.25, -0.2) is 0 Å². The third kappa shape index (κ3) is 4.06. The van der Waals surface area contributed by atoms with Crippen LogP contribution in [0.3, 0.4) is 0 Å². The Labute approximate surface area is 79.6 Å². The van der Waals surface area contributed by atoms with E-state index in [4.69, 9.17) is 5.11 Å². The minimum atomic E-state index is 0.265. The lowest BCUT2D eigenvalue weighted by Gasteiger charge is -2.04. The summed E-state index contributed by atoms with van der Waals surface area (Å²) in [5.74, 6) is 0. The molecule has 13 heavy (non-hydrogen) atoms. The van der Waals surface area contributed by atoms with Gasteiger partial charge in [0.2, 0.25) is 0 Å². The average molecular weight is 179 g/mol. The summed E-state index contributed by atoms with van der Waals surface area (Å²) in [5.41, 5.74) is 2.60. The number of hydrogen-bond acceptors (Lipinski definition) is 2. The van der Waals surface area contributed by atoms with Gasteiger partial charge >= 0.3 is 0 Å². The molecular formula is C11H17NO. The zero-order valence-electron chi connectivity index (χ0n) is 8.09. The fourth-order valence-corrected chi connectivity index (χ4v) is 1.26. The monoisotopic (exact) mass is 179 g/mol. The van der Waals surface area contributed by atoms with E-state index in [2.05, 4.69) is 36.5 Å². The highest BCUT2D eigenvalue weighted by atomic mass is 16.3. The van der Waals surface area contributed by atoms with E-state index in [1.54, 1.807) is 0 Å². The number of hydrogen-bond donors (Lipinski definition) is 2. The second-order valence-corrected chi connectivity index (χ2v) is 3.24. The van der Waals surface area contributed by atoms with Crippen LogP contribution in [0, 0.1) is 6.92 Å². The van der Waals surface area contributed by atoms with Gasteiger partial charge in [-0.1, -0.05) is 29.8 Å².